The van der Waals surface area contributed by atoms with E-state index in [0.29, 0.717) is 24.7 Å². The fraction of sp³-hybridized carbons (Fsp3) is 0.667. The van der Waals surface area contributed by atoms with Crippen LogP contribution in [0.5, 0.6) is 0 Å². The summed E-state index contributed by atoms with van der Waals surface area (Å²) in [5.41, 5.74) is 4.83. The second kappa shape index (κ2) is 3.34. The number of ether oxygens (including phenoxy) is 1. The Labute approximate surface area is 81.9 Å². The molecule has 5 heteroatoms. The van der Waals surface area contributed by atoms with Crippen LogP contribution in [0.4, 0.5) is 0 Å². The molecule has 2 rings (SSSR count). The molecule has 0 spiro atoms. The second-order valence-electron chi connectivity index (χ2n) is 3.69. The van der Waals surface area contributed by atoms with Gasteiger partial charge in [0.2, 0.25) is 5.89 Å². The van der Waals surface area contributed by atoms with Crippen molar-refractivity contribution in [2.75, 3.05) is 13.2 Å². The van der Waals surface area contributed by atoms with E-state index in [0.717, 1.165) is 0 Å². The minimum absolute atomic E-state index is 0.246. The summed E-state index contributed by atoms with van der Waals surface area (Å²) in [6.45, 7) is 2.57. The summed E-state index contributed by atoms with van der Waals surface area (Å²) in [5.74, 6) is 1.06. The van der Waals surface area contributed by atoms with Crippen LogP contribution < -0.4 is 5.73 Å². The van der Waals surface area contributed by atoms with Gasteiger partial charge in [0.25, 0.3) is 0 Å². The predicted octanol–water partition coefficient (Wildman–Crippen LogP) is 0.134. The minimum atomic E-state index is -1.03. The molecule has 0 bridgehead atoms. The average molecular weight is 198 g/mol. The lowest BCUT2D eigenvalue weighted by molar-refractivity contribution is -0.00357. The molecule has 1 aromatic heterocycles. The molecule has 2 unspecified atom stereocenters. The first-order valence-corrected chi connectivity index (χ1v) is 4.60. The first-order valence-electron chi connectivity index (χ1n) is 4.60. The fourth-order valence-electron chi connectivity index (χ4n) is 1.56. The van der Waals surface area contributed by atoms with Gasteiger partial charge in [-0.3, -0.25) is 0 Å². The number of nitrogens with zero attached hydrogens (tertiary/aromatic N) is 1. The normalized spacial score (nSPS) is 29.4. The van der Waals surface area contributed by atoms with Crippen LogP contribution in [-0.2, 0) is 4.74 Å². The molecule has 1 aliphatic heterocycles. The van der Waals surface area contributed by atoms with E-state index in [1.807, 2.05) is 0 Å². The molecule has 1 aliphatic rings. The molecule has 14 heavy (non-hydrogen) atoms. The fourth-order valence-corrected chi connectivity index (χ4v) is 1.56. The van der Waals surface area contributed by atoms with Crippen LogP contribution in [0.25, 0.3) is 0 Å². The lowest BCUT2D eigenvalue weighted by Gasteiger charge is -2.25. The van der Waals surface area contributed by atoms with Gasteiger partial charge in [0, 0.05) is 13.0 Å². The SMILES string of the molecule is Cc1cnc(C(N)C2(O)CCOC2)o1. The molecule has 0 aromatic carbocycles. The Hall–Kier alpha value is -0.910. The highest BCUT2D eigenvalue weighted by Crippen LogP contribution is 2.30. The van der Waals surface area contributed by atoms with Crippen LogP contribution in [0.15, 0.2) is 10.6 Å². The van der Waals surface area contributed by atoms with E-state index in [1.165, 1.54) is 0 Å². The number of aromatic nitrogens is 1. The molecule has 1 saturated heterocycles. The Morgan fingerprint density at radius 2 is 2.50 bits per heavy atom. The van der Waals surface area contributed by atoms with Crippen molar-refractivity contribution < 1.29 is 14.3 Å². The number of aryl methyl sites for hydroxylation is 1. The molecule has 1 fully saturated rings. The van der Waals surface area contributed by atoms with Crippen molar-refractivity contribution >= 4 is 0 Å². The van der Waals surface area contributed by atoms with Gasteiger partial charge in [0.05, 0.1) is 12.8 Å². The molecule has 0 aliphatic carbocycles. The van der Waals surface area contributed by atoms with Gasteiger partial charge in [-0.15, -0.1) is 0 Å². The lowest BCUT2D eigenvalue weighted by Crippen LogP contribution is -2.41. The highest BCUT2D eigenvalue weighted by molar-refractivity contribution is 5.04. The first-order chi connectivity index (χ1) is 6.62. The van der Waals surface area contributed by atoms with Crippen LogP contribution >= 0.6 is 0 Å². The van der Waals surface area contributed by atoms with Gasteiger partial charge in [-0.25, -0.2) is 4.98 Å². The van der Waals surface area contributed by atoms with E-state index >= 15 is 0 Å². The maximum Gasteiger partial charge on any atom is 0.214 e. The van der Waals surface area contributed by atoms with E-state index < -0.39 is 11.6 Å². The maximum atomic E-state index is 10.1. The highest BCUT2D eigenvalue weighted by Gasteiger charge is 2.41. The van der Waals surface area contributed by atoms with Gasteiger partial charge < -0.3 is 20.0 Å². The summed E-state index contributed by atoms with van der Waals surface area (Å²) in [7, 11) is 0. The van der Waals surface area contributed by atoms with Crippen molar-refractivity contribution in [3.63, 3.8) is 0 Å². The summed E-state index contributed by atoms with van der Waals surface area (Å²) in [4.78, 5) is 4.00. The third-order valence-corrected chi connectivity index (χ3v) is 2.52. The number of hydrogen-bond acceptors (Lipinski definition) is 5. The largest absolute Gasteiger partial charge is 0.444 e. The lowest BCUT2D eigenvalue weighted by atomic mass is 9.94. The van der Waals surface area contributed by atoms with Crippen molar-refractivity contribution in [3.8, 4) is 0 Å². The van der Waals surface area contributed by atoms with Gasteiger partial charge in [0.1, 0.15) is 17.4 Å². The third kappa shape index (κ3) is 1.54. The number of nitrogens with two attached hydrogens (primary N) is 1. The zero-order valence-electron chi connectivity index (χ0n) is 8.06. The molecule has 1 aromatic rings. The molecule has 0 saturated carbocycles. The molecule has 2 atom stereocenters. The van der Waals surface area contributed by atoms with Crippen LogP contribution in [0.1, 0.15) is 24.1 Å². The van der Waals surface area contributed by atoms with Crippen molar-refractivity contribution in [1.29, 1.82) is 0 Å². The van der Waals surface area contributed by atoms with Gasteiger partial charge in [-0.05, 0) is 6.92 Å². The van der Waals surface area contributed by atoms with Gasteiger partial charge in [-0.1, -0.05) is 0 Å². The molecule has 2 heterocycles. The summed E-state index contributed by atoms with van der Waals surface area (Å²) in [5, 5.41) is 10.1. The van der Waals surface area contributed by atoms with Crippen LogP contribution in [0, 0.1) is 6.92 Å². The smallest absolute Gasteiger partial charge is 0.214 e. The number of rotatable bonds is 2. The average Bonchev–Trinajstić information content (AvgIpc) is 2.74. The zero-order chi connectivity index (χ0) is 10.2. The Morgan fingerprint density at radius 1 is 1.71 bits per heavy atom. The topological polar surface area (TPSA) is 81.5 Å². The summed E-state index contributed by atoms with van der Waals surface area (Å²) < 4.78 is 10.4. The molecular weight excluding hydrogens is 184 g/mol. The van der Waals surface area contributed by atoms with Gasteiger partial charge in [-0.2, -0.15) is 0 Å². The summed E-state index contributed by atoms with van der Waals surface area (Å²) in [6, 6.07) is -0.612. The van der Waals surface area contributed by atoms with Crippen molar-refractivity contribution in [1.82, 2.24) is 4.98 Å². The maximum absolute atomic E-state index is 10.1. The van der Waals surface area contributed by atoms with Gasteiger partial charge >= 0.3 is 0 Å². The van der Waals surface area contributed by atoms with Gasteiger partial charge in [0.15, 0.2) is 0 Å². The minimum Gasteiger partial charge on any atom is -0.444 e. The Kier molecular flexibility index (Phi) is 2.30. The second-order valence-corrected chi connectivity index (χ2v) is 3.69. The zero-order valence-corrected chi connectivity index (χ0v) is 8.06. The number of oxazole rings is 1. The molecule has 78 valence electrons. The van der Waals surface area contributed by atoms with Crippen molar-refractivity contribution in [3.05, 3.63) is 17.8 Å². The monoisotopic (exact) mass is 198 g/mol. The number of hydrogen-bond donors (Lipinski definition) is 2. The third-order valence-electron chi connectivity index (χ3n) is 2.52. The highest BCUT2D eigenvalue weighted by atomic mass is 16.5. The van der Waals surface area contributed by atoms with Crippen molar-refractivity contribution in [2.24, 2.45) is 5.73 Å². The molecule has 5 nitrogen and oxygen atoms in total. The standard InChI is InChI=1S/C9H14N2O3/c1-6-4-11-8(14-6)7(10)9(12)2-3-13-5-9/h4,7,12H,2-3,5,10H2,1H3. The van der Waals surface area contributed by atoms with E-state index in [2.05, 4.69) is 4.98 Å². The van der Waals surface area contributed by atoms with E-state index in [9.17, 15) is 5.11 Å². The van der Waals surface area contributed by atoms with E-state index in [4.69, 9.17) is 14.9 Å². The Balaban J connectivity index is 2.18. The first kappa shape index (κ1) is 9.64. The Morgan fingerprint density at radius 3 is 3.00 bits per heavy atom. The van der Waals surface area contributed by atoms with E-state index in [-0.39, 0.29) is 6.61 Å². The summed E-state index contributed by atoms with van der Waals surface area (Å²) in [6.07, 6.45) is 2.12. The molecular formula is C9H14N2O3. The van der Waals surface area contributed by atoms with Crippen LogP contribution in [0.2, 0.25) is 0 Å². The predicted molar refractivity (Wildman–Crippen MR) is 48.6 cm³/mol. The molecule has 0 amide bonds. The Bertz CT molecular complexity index is 318. The number of aliphatic hydroxyl groups is 1. The quantitative estimate of drug-likeness (QED) is 0.706. The summed E-state index contributed by atoms with van der Waals surface area (Å²) >= 11 is 0. The van der Waals surface area contributed by atoms with Crippen LogP contribution in [-0.4, -0.2) is 28.9 Å². The molecule has 3 N–H and O–H groups in total. The molecule has 0 radical (unpaired) electrons. The van der Waals surface area contributed by atoms with Crippen LogP contribution in [0.3, 0.4) is 0 Å². The van der Waals surface area contributed by atoms with Crippen molar-refractivity contribution in [2.45, 2.75) is 25.0 Å². The van der Waals surface area contributed by atoms with E-state index in [1.54, 1.807) is 13.1 Å².